The highest BCUT2D eigenvalue weighted by molar-refractivity contribution is 7.09. The van der Waals surface area contributed by atoms with Gasteiger partial charge in [-0.2, -0.15) is 4.37 Å². The monoisotopic (exact) mass is 199 g/mol. The van der Waals surface area contributed by atoms with Gasteiger partial charge in [-0.3, -0.25) is 0 Å². The van der Waals surface area contributed by atoms with Crippen molar-refractivity contribution >= 4 is 16.7 Å². The van der Waals surface area contributed by atoms with Gasteiger partial charge in [0.2, 0.25) is 5.13 Å². The first kappa shape index (κ1) is 10.4. The molecule has 0 saturated heterocycles. The van der Waals surface area contributed by atoms with Crippen LogP contribution in [0, 0.1) is 5.92 Å². The minimum absolute atomic E-state index is 0.728. The summed E-state index contributed by atoms with van der Waals surface area (Å²) < 4.78 is 4.27. The van der Waals surface area contributed by atoms with E-state index in [1.807, 2.05) is 0 Å². The van der Waals surface area contributed by atoms with Gasteiger partial charge >= 0.3 is 0 Å². The molecule has 4 heteroatoms. The molecule has 0 atom stereocenters. The van der Waals surface area contributed by atoms with Crippen LogP contribution < -0.4 is 5.32 Å². The van der Waals surface area contributed by atoms with E-state index in [-0.39, 0.29) is 0 Å². The lowest BCUT2D eigenvalue weighted by Gasteiger charge is -1.99. The third-order valence-electron chi connectivity index (χ3n) is 1.74. The second-order valence-corrected chi connectivity index (χ2v) is 4.23. The quantitative estimate of drug-likeness (QED) is 0.792. The van der Waals surface area contributed by atoms with Crippen molar-refractivity contribution in [3.8, 4) is 0 Å². The number of nitrogens with zero attached hydrogens (tertiary/aromatic N) is 2. The van der Waals surface area contributed by atoms with Crippen LogP contribution in [0.4, 0.5) is 5.13 Å². The van der Waals surface area contributed by atoms with Crippen molar-refractivity contribution in [3.63, 3.8) is 0 Å². The van der Waals surface area contributed by atoms with Crippen molar-refractivity contribution in [1.82, 2.24) is 9.36 Å². The number of hydrogen-bond donors (Lipinski definition) is 1. The van der Waals surface area contributed by atoms with Crippen LogP contribution in [0.2, 0.25) is 0 Å². The molecule has 0 fully saturated rings. The van der Waals surface area contributed by atoms with Crippen molar-refractivity contribution in [3.05, 3.63) is 5.82 Å². The van der Waals surface area contributed by atoms with E-state index in [1.54, 1.807) is 0 Å². The molecule has 0 amide bonds. The van der Waals surface area contributed by atoms with Gasteiger partial charge in [-0.15, -0.1) is 0 Å². The lowest BCUT2D eigenvalue weighted by Crippen LogP contribution is -1.97. The minimum Gasteiger partial charge on any atom is -0.361 e. The molecule has 1 aromatic rings. The van der Waals surface area contributed by atoms with Crippen LogP contribution in [-0.4, -0.2) is 15.9 Å². The van der Waals surface area contributed by atoms with Crippen molar-refractivity contribution in [2.45, 2.75) is 33.6 Å². The molecular weight excluding hydrogens is 182 g/mol. The standard InChI is InChI=1S/C9H17N3S/c1-4-10-9-11-8(12-13-9)6-5-7(2)3/h7H,4-6H2,1-3H3,(H,10,11,12). The summed E-state index contributed by atoms with van der Waals surface area (Å²) in [6, 6.07) is 0. The molecule has 3 nitrogen and oxygen atoms in total. The van der Waals surface area contributed by atoms with Crippen molar-refractivity contribution in [2.24, 2.45) is 5.92 Å². The van der Waals surface area contributed by atoms with Crippen molar-refractivity contribution in [1.29, 1.82) is 0 Å². The number of anilines is 1. The van der Waals surface area contributed by atoms with Gasteiger partial charge in [-0.05, 0) is 19.3 Å². The lowest BCUT2D eigenvalue weighted by atomic mass is 10.1. The highest BCUT2D eigenvalue weighted by atomic mass is 32.1. The molecule has 0 aliphatic rings. The van der Waals surface area contributed by atoms with Crippen LogP contribution in [0.15, 0.2) is 0 Å². The van der Waals surface area contributed by atoms with Gasteiger partial charge in [0.15, 0.2) is 0 Å². The van der Waals surface area contributed by atoms with Crippen molar-refractivity contribution in [2.75, 3.05) is 11.9 Å². The summed E-state index contributed by atoms with van der Waals surface area (Å²) in [5, 5.41) is 4.11. The average Bonchev–Trinajstić information content (AvgIpc) is 2.50. The van der Waals surface area contributed by atoms with E-state index in [9.17, 15) is 0 Å². The predicted molar refractivity (Wildman–Crippen MR) is 57.2 cm³/mol. The third kappa shape index (κ3) is 3.72. The fraction of sp³-hybridized carbons (Fsp3) is 0.778. The van der Waals surface area contributed by atoms with Crippen LogP contribution in [0.3, 0.4) is 0 Å². The highest BCUT2D eigenvalue weighted by Crippen LogP contribution is 2.13. The largest absolute Gasteiger partial charge is 0.361 e. The maximum absolute atomic E-state index is 4.37. The van der Waals surface area contributed by atoms with Gasteiger partial charge in [-0.25, -0.2) is 4.98 Å². The summed E-state index contributed by atoms with van der Waals surface area (Å²) in [5.41, 5.74) is 0. The zero-order chi connectivity index (χ0) is 9.68. The average molecular weight is 199 g/mol. The van der Waals surface area contributed by atoms with Gasteiger partial charge in [0, 0.05) is 24.5 Å². The predicted octanol–water partition coefficient (Wildman–Crippen LogP) is 2.56. The second-order valence-electron chi connectivity index (χ2n) is 3.48. The summed E-state index contributed by atoms with van der Waals surface area (Å²) in [4.78, 5) is 4.37. The van der Waals surface area contributed by atoms with Gasteiger partial charge in [0.1, 0.15) is 5.82 Å². The number of hydrogen-bond acceptors (Lipinski definition) is 4. The molecule has 1 aromatic heterocycles. The van der Waals surface area contributed by atoms with Gasteiger partial charge in [0.05, 0.1) is 0 Å². The summed E-state index contributed by atoms with van der Waals surface area (Å²) >= 11 is 1.45. The molecule has 0 aromatic carbocycles. The van der Waals surface area contributed by atoms with Crippen molar-refractivity contribution < 1.29 is 0 Å². The SMILES string of the molecule is CCNc1nc(CCC(C)C)ns1. The fourth-order valence-corrected chi connectivity index (χ4v) is 1.68. The first-order chi connectivity index (χ1) is 6.22. The van der Waals surface area contributed by atoms with Crippen LogP contribution in [0.5, 0.6) is 0 Å². The van der Waals surface area contributed by atoms with E-state index < -0.39 is 0 Å². The number of aromatic nitrogens is 2. The Kier molecular flexibility index (Phi) is 4.15. The first-order valence-corrected chi connectivity index (χ1v) is 5.56. The van der Waals surface area contributed by atoms with Crippen LogP contribution in [0.1, 0.15) is 33.0 Å². The van der Waals surface area contributed by atoms with E-state index in [0.29, 0.717) is 0 Å². The van der Waals surface area contributed by atoms with Gasteiger partial charge in [0.25, 0.3) is 0 Å². The zero-order valence-electron chi connectivity index (χ0n) is 8.50. The Morgan fingerprint density at radius 2 is 2.23 bits per heavy atom. The minimum atomic E-state index is 0.728. The Morgan fingerprint density at radius 1 is 1.46 bits per heavy atom. The van der Waals surface area contributed by atoms with E-state index >= 15 is 0 Å². The molecule has 0 unspecified atom stereocenters. The number of aryl methyl sites for hydroxylation is 1. The Labute approximate surface area is 83.8 Å². The fourth-order valence-electron chi connectivity index (χ4n) is 0.996. The number of rotatable bonds is 5. The number of nitrogens with one attached hydrogen (secondary N) is 1. The Balaban J connectivity index is 2.39. The molecule has 13 heavy (non-hydrogen) atoms. The molecule has 74 valence electrons. The van der Waals surface area contributed by atoms with Crippen LogP contribution in [-0.2, 0) is 6.42 Å². The van der Waals surface area contributed by atoms with E-state index in [0.717, 1.165) is 29.8 Å². The molecule has 0 spiro atoms. The molecule has 1 heterocycles. The molecule has 0 radical (unpaired) electrons. The molecule has 1 rings (SSSR count). The Bertz CT molecular complexity index is 245. The molecule has 0 saturated carbocycles. The van der Waals surface area contributed by atoms with Gasteiger partial charge in [-0.1, -0.05) is 13.8 Å². The summed E-state index contributed by atoms with van der Waals surface area (Å²) in [6.45, 7) is 7.42. The lowest BCUT2D eigenvalue weighted by molar-refractivity contribution is 0.577. The Hall–Kier alpha value is -0.640. The molecule has 0 bridgehead atoms. The van der Waals surface area contributed by atoms with Crippen LogP contribution >= 0.6 is 11.5 Å². The second kappa shape index (κ2) is 5.17. The van der Waals surface area contributed by atoms with E-state index in [1.165, 1.54) is 18.0 Å². The highest BCUT2D eigenvalue weighted by Gasteiger charge is 2.03. The summed E-state index contributed by atoms with van der Waals surface area (Å²) in [7, 11) is 0. The van der Waals surface area contributed by atoms with E-state index in [2.05, 4.69) is 35.4 Å². The zero-order valence-corrected chi connectivity index (χ0v) is 9.32. The smallest absolute Gasteiger partial charge is 0.202 e. The Morgan fingerprint density at radius 3 is 2.85 bits per heavy atom. The van der Waals surface area contributed by atoms with Crippen LogP contribution in [0.25, 0.3) is 0 Å². The maximum atomic E-state index is 4.37. The molecule has 0 aliphatic heterocycles. The molecule has 0 aliphatic carbocycles. The summed E-state index contributed by atoms with van der Waals surface area (Å²) in [5.74, 6) is 1.71. The van der Waals surface area contributed by atoms with Gasteiger partial charge < -0.3 is 5.32 Å². The first-order valence-electron chi connectivity index (χ1n) is 4.78. The van der Waals surface area contributed by atoms with E-state index in [4.69, 9.17) is 0 Å². The normalized spacial score (nSPS) is 10.8. The third-order valence-corrected chi connectivity index (χ3v) is 2.45. The maximum Gasteiger partial charge on any atom is 0.202 e. The molecule has 1 N–H and O–H groups in total. The molecular formula is C9H17N3S. The topological polar surface area (TPSA) is 37.8 Å². The summed E-state index contributed by atoms with van der Waals surface area (Å²) in [6.07, 6.45) is 2.17.